The predicted octanol–water partition coefficient (Wildman–Crippen LogP) is 0.797. The molecular formula is C7H5F3O3SSi. The number of rotatable bonds is 3. The Hall–Kier alpha value is -0.863. The zero-order valence-corrected chi connectivity index (χ0v) is 8.97. The van der Waals surface area contributed by atoms with Crippen molar-refractivity contribution in [1.29, 1.82) is 0 Å². The van der Waals surface area contributed by atoms with Crippen molar-refractivity contribution in [2.75, 3.05) is 0 Å². The van der Waals surface area contributed by atoms with Gasteiger partial charge >= 0.3 is 15.6 Å². The second kappa shape index (κ2) is 4.33. The molecule has 0 aromatic heterocycles. The molecule has 3 nitrogen and oxygen atoms in total. The standard InChI is InChI=1S/C7H5F3O3SSi/c8-7(9,10)14(11,12)13-15-6-4-2-1-3-5-6/h1-5H. The summed E-state index contributed by atoms with van der Waals surface area (Å²) in [7, 11) is -6.36. The maximum atomic E-state index is 11.8. The Morgan fingerprint density at radius 1 is 1.13 bits per heavy atom. The van der Waals surface area contributed by atoms with E-state index in [2.05, 4.69) is 3.87 Å². The second-order valence-corrected chi connectivity index (χ2v) is 5.27. The van der Waals surface area contributed by atoms with Gasteiger partial charge in [0.05, 0.1) is 0 Å². The van der Waals surface area contributed by atoms with Gasteiger partial charge < -0.3 is 3.87 Å². The molecule has 15 heavy (non-hydrogen) atoms. The van der Waals surface area contributed by atoms with E-state index in [0.717, 1.165) is 0 Å². The molecule has 0 aliphatic heterocycles. The van der Waals surface area contributed by atoms with E-state index in [-0.39, 0.29) is 0 Å². The highest BCUT2D eigenvalue weighted by atomic mass is 32.2. The lowest BCUT2D eigenvalue weighted by Crippen LogP contribution is -2.30. The lowest BCUT2D eigenvalue weighted by Gasteiger charge is -2.07. The molecule has 0 spiro atoms. The molecule has 0 aliphatic rings. The smallest absolute Gasteiger partial charge is 0.303 e. The lowest BCUT2D eigenvalue weighted by molar-refractivity contribution is -0.0498. The first-order chi connectivity index (χ1) is 6.83. The summed E-state index contributed by atoms with van der Waals surface area (Å²) in [6, 6.07) is 7.76. The van der Waals surface area contributed by atoms with Gasteiger partial charge in [-0.2, -0.15) is 21.6 Å². The minimum Gasteiger partial charge on any atom is -0.303 e. The van der Waals surface area contributed by atoms with Gasteiger partial charge in [0.15, 0.2) is 0 Å². The van der Waals surface area contributed by atoms with Crippen molar-refractivity contribution in [2.24, 2.45) is 0 Å². The Morgan fingerprint density at radius 2 is 1.67 bits per heavy atom. The molecule has 82 valence electrons. The maximum absolute atomic E-state index is 11.8. The normalized spacial score (nSPS) is 12.7. The van der Waals surface area contributed by atoms with Gasteiger partial charge in [-0.3, -0.25) is 0 Å². The summed E-state index contributed by atoms with van der Waals surface area (Å²) in [5.74, 6) is 0. The van der Waals surface area contributed by atoms with Gasteiger partial charge in [0.2, 0.25) is 0 Å². The van der Waals surface area contributed by atoms with Gasteiger partial charge in [0.1, 0.15) is 0 Å². The fourth-order valence-electron chi connectivity index (χ4n) is 0.656. The minimum atomic E-state index is -5.48. The molecule has 1 rings (SSSR count). The summed E-state index contributed by atoms with van der Waals surface area (Å²) in [5, 5.41) is 0.380. The molecule has 0 unspecified atom stereocenters. The zero-order valence-electron chi connectivity index (χ0n) is 7.15. The summed E-state index contributed by atoms with van der Waals surface area (Å²) in [6.07, 6.45) is 0. The predicted molar refractivity (Wildman–Crippen MR) is 47.9 cm³/mol. The summed E-state index contributed by atoms with van der Waals surface area (Å²) in [6.45, 7) is 0. The van der Waals surface area contributed by atoms with Crippen LogP contribution in [0, 0.1) is 0 Å². The highest BCUT2D eigenvalue weighted by molar-refractivity contribution is 7.88. The molecule has 8 heteroatoms. The van der Waals surface area contributed by atoms with E-state index in [4.69, 9.17) is 0 Å². The van der Waals surface area contributed by atoms with Crippen molar-refractivity contribution < 1.29 is 25.5 Å². The monoisotopic (exact) mass is 254 g/mol. The molecule has 0 N–H and O–H groups in total. The van der Waals surface area contributed by atoms with Crippen LogP contribution < -0.4 is 5.19 Å². The molecule has 0 bridgehead atoms. The molecule has 1 aromatic carbocycles. The van der Waals surface area contributed by atoms with Gasteiger partial charge in [-0.15, -0.1) is 0 Å². The Labute approximate surface area is 86.9 Å². The largest absolute Gasteiger partial charge is 0.522 e. The molecule has 2 radical (unpaired) electrons. The third kappa shape index (κ3) is 3.32. The van der Waals surface area contributed by atoms with Crippen LogP contribution in [-0.2, 0) is 14.0 Å². The fraction of sp³-hybridized carbons (Fsp3) is 0.143. The zero-order chi connectivity index (χ0) is 11.5. The first-order valence-corrected chi connectivity index (χ1v) is 5.95. The Bertz CT molecular complexity index is 415. The number of halogens is 3. The number of alkyl halides is 3. The maximum Gasteiger partial charge on any atom is 0.522 e. The summed E-state index contributed by atoms with van der Waals surface area (Å²) >= 11 is 0. The van der Waals surface area contributed by atoms with Crippen LogP contribution in [0.4, 0.5) is 13.2 Å². The second-order valence-electron chi connectivity index (χ2n) is 2.45. The van der Waals surface area contributed by atoms with Crippen LogP contribution in [0.5, 0.6) is 0 Å². The molecular weight excluding hydrogens is 249 g/mol. The molecule has 0 fully saturated rings. The SMILES string of the molecule is O=S(=O)(O[Si]c1ccccc1)C(F)(F)F. The van der Waals surface area contributed by atoms with E-state index in [1.54, 1.807) is 18.2 Å². The lowest BCUT2D eigenvalue weighted by atomic mass is 10.4. The fourth-order valence-corrected chi connectivity index (χ4v) is 2.19. The van der Waals surface area contributed by atoms with Gasteiger partial charge in [0.25, 0.3) is 9.76 Å². The highest BCUT2D eigenvalue weighted by Gasteiger charge is 2.47. The van der Waals surface area contributed by atoms with Crippen molar-refractivity contribution in [3.63, 3.8) is 0 Å². The van der Waals surface area contributed by atoms with E-state index >= 15 is 0 Å². The van der Waals surface area contributed by atoms with Crippen LogP contribution in [0.25, 0.3) is 0 Å². The Morgan fingerprint density at radius 3 is 2.13 bits per heavy atom. The van der Waals surface area contributed by atoms with Gasteiger partial charge in [-0.05, 0) is 5.19 Å². The molecule has 0 saturated carbocycles. The van der Waals surface area contributed by atoms with Crippen LogP contribution >= 0.6 is 0 Å². The Balaban J connectivity index is 2.67. The third-order valence-electron chi connectivity index (χ3n) is 1.33. The minimum absolute atomic E-state index is 0.380. The molecule has 0 heterocycles. The average Bonchev–Trinajstić information content (AvgIpc) is 2.15. The van der Waals surface area contributed by atoms with Crippen molar-refractivity contribution >= 4 is 25.1 Å². The van der Waals surface area contributed by atoms with Crippen molar-refractivity contribution in [3.05, 3.63) is 30.3 Å². The van der Waals surface area contributed by atoms with E-state index in [1.807, 2.05) is 0 Å². The van der Waals surface area contributed by atoms with Crippen LogP contribution in [0.2, 0.25) is 0 Å². The molecule has 0 saturated heterocycles. The third-order valence-corrected chi connectivity index (χ3v) is 3.67. The molecule has 0 aliphatic carbocycles. The quantitative estimate of drug-likeness (QED) is 0.592. The van der Waals surface area contributed by atoms with Crippen LogP contribution in [-0.4, -0.2) is 23.7 Å². The highest BCUT2D eigenvalue weighted by Crippen LogP contribution is 2.23. The van der Waals surface area contributed by atoms with E-state index in [1.165, 1.54) is 12.1 Å². The number of hydrogen-bond acceptors (Lipinski definition) is 3. The first-order valence-electron chi connectivity index (χ1n) is 3.64. The number of hydrogen-bond donors (Lipinski definition) is 0. The van der Waals surface area contributed by atoms with Gasteiger partial charge in [-0.1, -0.05) is 30.3 Å². The van der Waals surface area contributed by atoms with E-state index in [0.29, 0.717) is 5.19 Å². The van der Waals surface area contributed by atoms with Gasteiger partial charge in [0, 0.05) is 0 Å². The topological polar surface area (TPSA) is 43.4 Å². The summed E-state index contributed by atoms with van der Waals surface area (Å²) in [4.78, 5) is 0. The van der Waals surface area contributed by atoms with Gasteiger partial charge in [-0.25, -0.2) is 0 Å². The van der Waals surface area contributed by atoms with E-state index < -0.39 is 25.4 Å². The van der Waals surface area contributed by atoms with E-state index in [9.17, 15) is 21.6 Å². The number of benzene rings is 1. The van der Waals surface area contributed by atoms with Crippen molar-refractivity contribution in [2.45, 2.75) is 5.51 Å². The molecule has 0 atom stereocenters. The average molecular weight is 254 g/mol. The molecule has 1 aromatic rings. The van der Waals surface area contributed by atoms with Crippen LogP contribution in [0.1, 0.15) is 0 Å². The molecule has 0 amide bonds. The Kier molecular flexibility index (Phi) is 3.53. The summed E-state index contributed by atoms with van der Waals surface area (Å²) in [5.41, 5.74) is -5.37. The van der Waals surface area contributed by atoms with Crippen LogP contribution in [0.15, 0.2) is 30.3 Å². The first kappa shape index (κ1) is 12.2. The van der Waals surface area contributed by atoms with Crippen LogP contribution in [0.3, 0.4) is 0 Å². The summed E-state index contributed by atoms with van der Waals surface area (Å²) < 4.78 is 60.3. The van der Waals surface area contributed by atoms with Crippen molar-refractivity contribution in [3.8, 4) is 0 Å². The van der Waals surface area contributed by atoms with Crippen molar-refractivity contribution in [1.82, 2.24) is 0 Å².